The van der Waals surface area contributed by atoms with Crippen molar-refractivity contribution in [2.75, 3.05) is 47.8 Å². The zero-order valence-corrected chi connectivity index (χ0v) is 56.4. The van der Waals surface area contributed by atoms with Gasteiger partial charge in [-0.25, -0.2) is 9.59 Å². The molecule has 4 aliphatic rings. The maximum Gasteiger partial charge on any atom is 1.00 e. The van der Waals surface area contributed by atoms with E-state index in [2.05, 4.69) is 11.1 Å². The van der Waals surface area contributed by atoms with E-state index in [0.717, 1.165) is 12.7 Å². The fourth-order valence-electron chi connectivity index (χ4n) is 8.17. The summed E-state index contributed by atoms with van der Waals surface area (Å²) in [5, 5.41) is 92.2. The number of esters is 2. The molecule has 86 heavy (non-hydrogen) atoms. The second-order valence-corrected chi connectivity index (χ2v) is 20.1. The SMILES string of the molecule is COC1OC(CO)C(C)C(O)C1N.COC1OC(CO)C(C)C(O)C1[NH3+].COC1OC(COC(=O)/C=C/C(=O)[O-])C(OC2OC(CO)C(C)C(O)C2N)C(OC(=O)/C=C/C(=O)[O-])C1NC(=O)/C=C/C(=O)[O-].Cc1ccc(S(=O)(=O)O)cc1.[CH3-].[Na+].[Na+].[Na+]. The van der Waals surface area contributed by atoms with E-state index in [1.54, 1.807) is 19.1 Å². The number of ether oxygens (including phenoxy) is 10. The number of methoxy groups -OCH3 is 3. The van der Waals surface area contributed by atoms with Gasteiger partial charge in [0.05, 0.1) is 85.2 Å². The summed E-state index contributed by atoms with van der Waals surface area (Å²) in [4.78, 5) is 69.5. The largest absolute Gasteiger partial charge is 1.00 e. The number of benzene rings is 1. The quantitative estimate of drug-likeness (QED) is 0.0201. The Balaban J connectivity index is -0.00000135. The molecule has 1 amide bonds. The standard InChI is InChI=1S/C26H34N2O17.2C8H17NO4.C7H8O3S.CH3.3Na/c1-11-12(9-29)42-25(20(27)22(11)39)45-23-13(10-41-18(37)7-5-16(33)34)43-26(40-2)21(28-14(30)3-4-15(31)32)24(23)44-19(38)8-6-17(35)36;2*1-4-5(3-10)13-8(12-2)6(9)7(4)11;1-6-2-4-7(5-3-6)11(8,9)10;;;;/h3-8,11-13,20-26,29,39H,9-10,27H2,1-2H3,(H,28,30)(H,31,32)(H,33,34)(H,35,36);2*4-8,10-11H,3,9H2,1-2H3;2-5H,1H3,(H,8,9,10);1H3;;;/q;;;;-1;3*+1/p-2/b4-3+,7-5+,8-6+;;;;;;;. The number of carboxylic acid groups (broad SMARTS) is 3. The van der Waals surface area contributed by atoms with Crippen LogP contribution in [-0.4, -0.2) is 231 Å². The Hall–Kier alpha value is -2.51. The smallest absolute Gasteiger partial charge is 0.545 e. The van der Waals surface area contributed by atoms with E-state index in [1.807, 2.05) is 13.8 Å². The van der Waals surface area contributed by atoms with Crippen molar-refractivity contribution in [3.63, 3.8) is 0 Å². The first-order valence-corrected chi connectivity index (χ1v) is 26.3. The zero-order chi connectivity index (χ0) is 62.3. The number of carboxylic acids is 3. The third-order valence-electron chi connectivity index (χ3n) is 13.0. The van der Waals surface area contributed by atoms with Gasteiger partial charge in [0.1, 0.15) is 31.0 Å². The third kappa shape index (κ3) is 27.9. The summed E-state index contributed by atoms with van der Waals surface area (Å²) in [7, 11) is 0.0300. The minimum Gasteiger partial charge on any atom is -0.545 e. The molecule has 32 nitrogen and oxygen atoms in total. The van der Waals surface area contributed by atoms with Crippen LogP contribution in [-0.2, 0) is 86.3 Å². The minimum absolute atomic E-state index is 0. The number of carbonyl (C=O) groups is 6. The first-order chi connectivity index (χ1) is 38.4. The van der Waals surface area contributed by atoms with Gasteiger partial charge in [-0.15, -0.1) is 0 Å². The third-order valence-corrected chi connectivity index (χ3v) is 13.9. The Morgan fingerprint density at radius 3 is 1.44 bits per heavy atom. The molecule has 4 aliphatic heterocycles. The van der Waals surface area contributed by atoms with Crippen molar-refractivity contribution in [3.8, 4) is 0 Å². The molecule has 0 aliphatic carbocycles. The number of hydrogen-bond acceptors (Lipinski definition) is 29. The predicted octanol–water partition coefficient (Wildman–Crippen LogP) is -18.0. The summed E-state index contributed by atoms with van der Waals surface area (Å²) in [6.07, 6.45) is -11.0. The summed E-state index contributed by atoms with van der Waals surface area (Å²) in [6, 6.07) is 2.26. The number of nitrogens with one attached hydrogen (secondary N) is 1. The number of aliphatic carboxylic acids is 3. The van der Waals surface area contributed by atoms with Crippen molar-refractivity contribution in [1.82, 2.24) is 5.32 Å². The van der Waals surface area contributed by atoms with Gasteiger partial charge < -0.3 is 138 Å². The van der Waals surface area contributed by atoms with Gasteiger partial charge in [-0.3, -0.25) is 9.35 Å². The van der Waals surface area contributed by atoms with Crippen LogP contribution in [0.15, 0.2) is 65.6 Å². The van der Waals surface area contributed by atoms with Crippen LogP contribution in [0.1, 0.15) is 26.3 Å². The second kappa shape index (κ2) is 43.3. The summed E-state index contributed by atoms with van der Waals surface area (Å²) in [6.45, 7) is 5.41. The maximum atomic E-state index is 12.6. The molecule has 4 fully saturated rings. The molecular formula is C50H77N4Na3O28S. The van der Waals surface area contributed by atoms with Crippen molar-refractivity contribution in [2.24, 2.45) is 29.2 Å². The summed E-state index contributed by atoms with van der Waals surface area (Å²) in [5.41, 5.74) is 16.5. The average molecular weight is 1280 g/mol. The van der Waals surface area contributed by atoms with Crippen LogP contribution in [0.25, 0.3) is 0 Å². The molecule has 1 aromatic rings. The van der Waals surface area contributed by atoms with Crippen LogP contribution in [0.5, 0.6) is 0 Å². The number of aryl methyl sites for hydroxylation is 1. The minimum atomic E-state index is -4.02. The number of nitrogens with two attached hydrogens (primary N) is 2. The van der Waals surface area contributed by atoms with Crippen molar-refractivity contribution < 1.29 is 229 Å². The molecule has 15 N–H and O–H groups in total. The fraction of sp³-hybridized carbons (Fsp3) is 0.620. The van der Waals surface area contributed by atoms with Gasteiger partial charge in [0.2, 0.25) is 12.2 Å². The molecule has 36 heteroatoms. The van der Waals surface area contributed by atoms with Gasteiger partial charge in [-0.2, -0.15) is 8.42 Å². The van der Waals surface area contributed by atoms with Crippen LogP contribution < -0.4 is 127 Å². The number of rotatable bonds is 19. The van der Waals surface area contributed by atoms with Crippen molar-refractivity contribution in [3.05, 3.63) is 73.7 Å². The number of amides is 1. The van der Waals surface area contributed by atoms with E-state index in [4.69, 9.17) is 73.6 Å². The predicted molar refractivity (Wildman–Crippen MR) is 273 cm³/mol. The average Bonchev–Trinajstić information content (AvgIpc) is 3.50. The molecule has 0 bridgehead atoms. The van der Waals surface area contributed by atoms with E-state index in [9.17, 15) is 72.9 Å². The molecule has 0 saturated carbocycles. The summed E-state index contributed by atoms with van der Waals surface area (Å²) >= 11 is 0. The fourth-order valence-corrected chi connectivity index (χ4v) is 8.65. The molecule has 0 aromatic heterocycles. The van der Waals surface area contributed by atoms with Crippen LogP contribution in [0.3, 0.4) is 0 Å². The van der Waals surface area contributed by atoms with E-state index in [0.29, 0.717) is 36.5 Å². The number of quaternary nitrogens is 1. The molecular weight excluding hydrogens is 1210 g/mol. The topological polar surface area (TPSA) is 531 Å². The Bertz CT molecular complexity index is 2340. The summed E-state index contributed by atoms with van der Waals surface area (Å²) in [5.74, 6) is -9.79. The molecule has 20 unspecified atom stereocenters. The van der Waals surface area contributed by atoms with E-state index in [1.165, 1.54) is 33.3 Å². The molecule has 4 saturated heterocycles. The summed E-state index contributed by atoms with van der Waals surface area (Å²) < 4.78 is 83.3. The first kappa shape index (κ1) is 87.7. The van der Waals surface area contributed by atoms with Gasteiger partial charge >= 0.3 is 101 Å². The van der Waals surface area contributed by atoms with Crippen LogP contribution in [0.2, 0.25) is 0 Å². The Morgan fingerprint density at radius 1 is 0.616 bits per heavy atom. The molecule has 4 heterocycles. The molecule has 0 spiro atoms. The molecule has 5 rings (SSSR count). The van der Waals surface area contributed by atoms with Crippen molar-refractivity contribution in [2.45, 2.75) is 137 Å². The van der Waals surface area contributed by atoms with Gasteiger partial charge in [-0.1, -0.05) is 38.5 Å². The van der Waals surface area contributed by atoms with Gasteiger partial charge in [0.15, 0.2) is 31.0 Å². The van der Waals surface area contributed by atoms with Gasteiger partial charge in [0, 0.05) is 57.3 Å². The van der Waals surface area contributed by atoms with E-state index >= 15 is 0 Å². The normalized spacial score (nSPS) is 32.2. The number of hydrogen-bond donors (Lipinski definition) is 11. The molecule has 0 radical (unpaired) electrons. The second-order valence-electron chi connectivity index (χ2n) is 18.7. The van der Waals surface area contributed by atoms with Crippen LogP contribution in [0, 0.1) is 32.1 Å². The Labute approximate surface area is 563 Å². The Morgan fingerprint density at radius 2 is 1.01 bits per heavy atom. The Kier molecular flexibility index (Phi) is 44.1. The van der Waals surface area contributed by atoms with Gasteiger partial charge in [-0.05, 0) is 37.3 Å². The van der Waals surface area contributed by atoms with E-state index < -0.39 is 157 Å². The molecule has 474 valence electrons. The molecule has 1 aromatic carbocycles. The van der Waals surface area contributed by atoms with Crippen LogP contribution >= 0.6 is 0 Å². The first-order valence-electron chi connectivity index (χ1n) is 24.9. The van der Waals surface area contributed by atoms with Crippen LogP contribution in [0.4, 0.5) is 0 Å². The number of aliphatic hydroxyl groups is 6. The zero-order valence-electron chi connectivity index (χ0n) is 49.6. The number of aliphatic hydroxyl groups excluding tert-OH is 6. The van der Waals surface area contributed by atoms with Crippen molar-refractivity contribution in [1.29, 1.82) is 0 Å². The van der Waals surface area contributed by atoms with E-state index in [-0.39, 0.29) is 138 Å². The molecule has 20 atom stereocenters. The number of carbonyl (C=O) groups excluding carboxylic acids is 6. The van der Waals surface area contributed by atoms with Gasteiger partial charge in [0.25, 0.3) is 10.1 Å². The van der Waals surface area contributed by atoms with Crippen molar-refractivity contribution >= 4 is 45.9 Å². The monoisotopic (exact) mass is 1280 g/mol. The maximum absolute atomic E-state index is 12.6.